The van der Waals surface area contributed by atoms with Gasteiger partial charge in [-0.3, -0.25) is 9.48 Å². The summed E-state index contributed by atoms with van der Waals surface area (Å²) in [7, 11) is 0. The molecule has 1 aliphatic carbocycles. The molecule has 3 aromatic rings. The van der Waals surface area contributed by atoms with Crippen molar-refractivity contribution < 1.29 is 13.6 Å². The monoisotopic (exact) mass is 402 g/mol. The Morgan fingerprint density at radius 1 is 1.31 bits per heavy atom. The van der Waals surface area contributed by atoms with Gasteiger partial charge < -0.3 is 5.32 Å². The van der Waals surface area contributed by atoms with E-state index in [9.17, 15) is 13.6 Å². The fourth-order valence-electron chi connectivity index (χ4n) is 3.81. The number of hydrogen-bond acceptors (Lipinski definition) is 4. The maximum atomic E-state index is 13.6. The van der Waals surface area contributed by atoms with Crippen LogP contribution in [0.5, 0.6) is 0 Å². The Balaban J connectivity index is 1.61. The van der Waals surface area contributed by atoms with E-state index < -0.39 is 18.0 Å². The van der Waals surface area contributed by atoms with Gasteiger partial charge in [0.25, 0.3) is 12.3 Å². The van der Waals surface area contributed by atoms with Crippen LogP contribution in [0, 0.1) is 5.92 Å². The molecule has 1 fully saturated rings. The molecule has 0 aliphatic heterocycles. The van der Waals surface area contributed by atoms with Gasteiger partial charge in [-0.05, 0) is 44.1 Å². The highest BCUT2D eigenvalue weighted by molar-refractivity contribution is 6.08. The lowest BCUT2D eigenvalue weighted by Crippen LogP contribution is -2.17. The molecule has 1 saturated carbocycles. The first kappa shape index (κ1) is 19.5. The number of nitrogens with one attached hydrogen (secondary N) is 1. The zero-order valence-corrected chi connectivity index (χ0v) is 16.5. The van der Waals surface area contributed by atoms with E-state index in [1.807, 2.05) is 13.0 Å². The van der Waals surface area contributed by atoms with Crippen molar-refractivity contribution in [1.82, 2.24) is 24.4 Å². The predicted octanol–water partition coefficient (Wildman–Crippen LogP) is 4.43. The highest BCUT2D eigenvalue weighted by atomic mass is 19.3. The standard InChI is InChI=1S/C20H24F2N6O/c1-3-13-8-9-27-19(24-13)15(10-23-27)20(29)25-16-11-28(26-17(16)18(21)22)14-6-4-12(2)5-7-14/h8-12,14,18H,3-7H2,1-2H3,(H,25,29). The molecule has 0 unspecified atom stereocenters. The lowest BCUT2D eigenvalue weighted by atomic mass is 9.87. The summed E-state index contributed by atoms with van der Waals surface area (Å²) in [6.07, 6.45) is 6.47. The first-order valence-corrected chi connectivity index (χ1v) is 9.98. The molecule has 1 N–H and O–H groups in total. The topological polar surface area (TPSA) is 77.1 Å². The number of hydrogen-bond donors (Lipinski definition) is 1. The number of alkyl halides is 2. The second-order valence-electron chi connectivity index (χ2n) is 7.68. The number of aryl methyl sites for hydroxylation is 1. The van der Waals surface area contributed by atoms with Crippen LogP contribution in [0.3, 0.4) is 0 Å². The van der Waals surface area contributed by atoms with Crippen LogP contribution in [0.15, 0.2) is 24.7 Å². The van der Waals surface area contributed by atoms with Crippen molar-refractivity contribution in [3.8, 4) is 0 Å². The summed E-state index contributed by atoms with van der Waals surface area (Å²) in [5.41, 5.74) is 1.08. The molecule has 7 nitrogen and oxygen atoms in total. The Morgan fingerprint density at radius 3 is 2.76 bits per heavy atom. The minimum absolute atomic E-state index is 0.0367. The Labute approximate surface area is 167 Å². The summed E-state index contributed by atoms with van der Waals surface area (Å²) in [4.78, 5) is 17.2. The Hall–Kier alpha value is -2.84. The molecular weight excluding hydrogens is 378 g/mol. The molecule has 0 saturated heterocycles. The maximum absolute atomic E-state index is 13.6. The van der Waals surface area contributed by atoms with Gasteiger partial charge in [0.1, 0.15) is 5.56 Å². The van der Waals surface area contributed by atoms with Gasteiger partial charge in [0.15, 0.2) is 11.3 Å². The molecule has 1 amide bonds. The van der Waals surface area contributed by atoms with E-state index in [1.54, 1.807) is 10.9 Å². The van der Waals surface area contributed by atoms with E-state index >= 15 is 0 Å². The molecule has 0 aromatic carbocycles. The van der Waals surface area contributed by atoms with E-state index in [1.165, 1.54) is 16.9 Å². The molecule has 3 heterocycles. The van der Waals surface area contributed by atoms with Crippen LogP contribution in [0.25, 0.3) is 5.65 Å². The van der Waals surface area contributed by atoms with Gasteiger partial charge in [-0.25, -0.2) is 18.3 Å². The lowest BCUT2D eigenvalue weighted by Gasteiger charge is -2.26. The summed E-state index contributed by atoms with van der Waals surface area (Å²) in [5, 5.41) is 10.8. The Morgan fingerprint density at radius 2 is 2.07 bits per heavy atom. The quantitative estimate of drug-likeness (QED) is 0.685. The van der Waals surface area contributed by atoms with Gasteiger partial charge in [0.2, 0.25) is 0 Å². The van der Waals surface area contributed by atoms with Crippen LogP contribution < -0.4 is 5.32 Å². The number of anilines is 1. The molecule has 4 rings (SSSR count). The van der Waals surface area contributed by atoms with Crippen molar-refractivity contribution in [1.29, 1.82) is 0 Å². The molecule has 0 radical (unpaired) electrons. The third kappa shape index (κ3) is 3.86. The van der Waals surface area contributed by atoms with Gasteiger partial charge in [-0.2, -0.15) is 10.2 Å². The number of halogens is 2. The van der Waals surface area contributed by atoms with Crippen LogP contribution in [0.4, 0.5) is 14.5 Å². The lowest BCUT2D eigenvalue weighted by molar-refractivity contribution is 0.102. The number of nitrogens with zero attached hydrogens (tertiary/aromatic N) is 5. The fraction of sp³-hybridized carbons (Fsp3) is 0.500. The van der Waals surface area contributed by atoms with Crippen LogP contribution >= 0.6 is 0 Å². The second kappa shape index (κ2) is 7.88. The summed E-state index contributed by atoms with van der Waals surface area (Å²) < 4.78 is 30.2. The third-order valence-electron chi connectivity index (χ3n) is 5.61. The molecule has 1 aliphatic rings. The number of rotatable bonds is 5. The van der Waals surface area contributed by atoms with Crippen molar-refractivity contribution in [3.05, 3.63) is 41.6 Å². The van der Waals surface area contributed by atoms with Crippen LogP contribution in [0.1, 0.15) is 73.7 Å². The predicted molar refractivity (Wildman–Crippen MR) is 104 cm³/mol. The van der Waals surface area contributed by atoms with Crippen molar-refractivity contribution in [3.63, 3.8) is 0 Å². The number of amides is 1. The molecule has 154 valence electrons. The van der Waals surface area contributed by atoms with E-state index in [-0.39, 0.29) is 17.3 Å². The zero-order valence-electron chi connectivity index (χ0n) is 16.5. The molecular formula is C20H24F2N6O. The summed E-state index contributed by atoms with van der Waals surface area (Å²) in [6, 6.07) is 1.91. The Bertz CT molecular complexity index is 1020. The summed E-state index contributed by atoms with van der Waals surface area (Å²) in [6.45, 7) is 4.16. The van der Waals surface area contributed by atoms with Gasteiger partial charge >= 0.3 is 0 Å². The maximum Gasteiger partial charge on any atom is 0.284 e. The molecule has 0 atom stereocenters. The van der Waals surface area contributed by atoms with E-state index in [2.05, 4.69) is 27.4 Å². The minimum Gasteiger partial charge on any atom is -0.319 e. The van der Waals surface area contributed by atoms with Crippen molar-refractivity contribution in [2.24, 2.45) is 5.92 Å². The first-order valence-electron chi connectivity index (χ1n) is 9.98. The molecule has 3 aromatic heterocycles. The van der Waals surface area contributed by atoms with E-state index in [4.69, 9.17) is 0 Å². The highest BCUT2D eigenvalue weighted by Crippen LogP contribution is 2.34. The van der Waals surface area contributed by atoms with E-state index in [0.29, 0.717) is 18.0 Å². The van der Waals surface area contributed by atoms with Crippen molar-refractivity contribution >= 4 is 17.2 Å². The zero-order chi connectivity index (χ0) is 20.5. The van der Waals surface area contributed by atoms with Crippen LogP contribution in [0.2, 0.25) is 0 Å². The average Bonchev–Trinajstić information content (AvgIpc) is 3.32. The number of carbonyl (C=O) groups excluding carboxylic acids is 1. The van der Waals surface area contributed by atoms with Crippen molar-refractivity contribution in [2.75, 3.05) is 5.32 Å². The molecule has 0 spiro atoms. The fourth-order valence-corrected chi connectivity index (χ4v) is 3.81. The smallest absolute Gasteiger partial charge is 0.284 e. The van der Waals surface area contributed by atoms with Crippen molar-refractivity contribution in [2.45, 2.75) is 58.4 Å². The van der Waals surface area contributed by atoms with Gasteiger partial charge in [0, 0.05) is 18.1 Å². The minimum atomic E-state index is -2.78. The number of fused-ring (bicyclic) bond motifs is 1. The van der Waals surface area contributed by atoms with Gasteiger partial charge in [-0.1, -0.05) is 13.8 Å². The first-order chi connectivity index (χ1) is 14.0. The van der Waals surface area contributed by atoms with Crippen LogP contribution in [-0.4, -0.2) is 30.3 Å². The van der Waals surface area contributed by atoms with Crippen LogP contribution in [-0.2, 0) is 6.42 Å². The van der Waals surface area contributed by atoms with E-state index in [0.717, 1.165) is 31.4 Å². The third-order valence-corrected chi connectivity index (χ3v) is 5.61. The molecule has 9 heteroatoms. The van der Waals surface area contributed by atoms with Gasteiger partial charge in [-0.15, -0.1) is 0 Å². The van der Waals surface area contributed by atoms with Gasteiger partial charge in [0.05, 0.1) is 17.9 Å². The average molecular weight is 402 g/mol. The second-order valence-corrected chi connectivity index (χ2v) is 7.68. The SMILES string of the molecule is CCc1ccn2ncc(C(=O)Nc3cn(C4CCC(C)CC4)nc3C(F)F)c2n1. The highest BCUT2D eigenvalue weighted by Gasteiger charge is 2.26. The number of aromatic nitrogens is 5. The summed E-state index contributed by atoms with van der Waals surface area (Å²) >= 11 is 0. The molecule has 0 bridgehead atoms. The largest absolute Gasteiger partial charge is 0.319 e. The molecule has 29 heavy (non-hydrogen) atoms. The normalized spacial score (nSPS) is 19.8. The number of carbonyl (C=O) groups is 1. The summed E-state index contributed by atoms with van der Waals surface area (Å²) in [5.74, 6) is 0.117. The Kier molecular flexibility index (Phi) is 5.29.